The first-order valence-electron chi connectivity index (χ1n) is 8.70. The van der Waals surface area contributed by atoms with Gasteiger partial charge in [-0.25, -0.2) is 0 Å². The van der Waals surface area contributed by atoms with Crippen molar-refractivity contribution in [3.63, 3.8) is 0 Å². The summed E-state index contributed by atoms with van der Waals surface area (Å²) in [7, 11) is 0. The Morgan fingerprint density at radius 1 is 1.10 bits per heavy atom. The van der Waals surface area contributed by atoms with E-state index >= 15 is 0 Å². The van der Waals surface area contributed by atoms with Crippen molar-refractivity contribution < 1.29 is 9.59 Å². The fraction of sp³-hybridized carbons (Fsp3) is 0.158. The Morgan fingerprint density at radius 2 is 1.90 bits per heavy atom. The minimum Gasteiger partial charge on any atom is -0.352 e. The molecule has 2 amide bonds. The number of hydrogen-bond acceptors (Lipinski definition) is 7. The summed E-state index contributed by atoms with van der Waals surface area (Å²) >= 11 is 6.11. The lowest BCUT2D eigenvalue weighted by atomic mass is 10.2. The van der Waals surface area contributed by atoms with Crippen LogP contribution < -0.4 is 16.0 Å². The molecule has 0 aliphatic rings. The van der Waals surface area contributed by atoms with Gasteiger partial charge >= 0.3 is 0 Å². The number of nitrogens with zero attached hydrogens (tertiary/aromatic N) is 2. The molecule has 29 heavy (non-hydrogen) atoms. The summed E-state index contributed by atoms with van der Waals surface area (Å²) in [6.45, 7) is 2.40. The van der Waals surface area contributed by atoms with Gasteiger partial charge in [-0.1, -0.05) is 51.2 Å². The van der Waals surface area contributed by atoms with E-state index in [1.165, 1.54) is 23.1 Å². The zero-order valence-corrected chi connectivity index (χ0v) is 18.7. The van der Waals surface area contributed by atoms with Crippen LogP contribution in [0.3, 0.4) is 0 Å². The molecule has 0 spiro atoms. The van der Waals surface area contributed by atoms with Gasteiger partial charge in [0.2, 0.25) is 11.0 Å². The minimum atomic E-state index is -0.181. The van der Waals surface area contributed by atoms with Crippen molar-refractivity contribution in [2.75, 3.05) is 22.9 Å². The number of nitrogens with one attached hydrogen (secondary N) is 3. The van der Waals surface area contributed by atoms with Gasteiger partial charge in [-0.2, -0.15) is 0 Å². The lowest BCUT2D eigenvalue weighted by Crippen LogP contribution is -2.23. The Kier molecular flexibility index (Phi) is 7.62. The van der Waals surface area contributed by atoms with Crippen LogP contribution in [0.25, 0.3) is 0 Å². The topological polar surface area (TPSA) is 96.0 Å². The third kappa shape index (κ3) is 6.55. The molecule has 0 saturated carbocycles. The molecule has 0 unspecified atom stereocenters. The van der Waals surface area contributed by atoms with E-state index in [0.29, 0.717) is 27.3 Å². The second-order valence-corrected chi connectivity index (χ2v) is 8.90. The molecule has 0 aliphatic heterocycles. The molecule has 7 nitrogen and oxygen atoms in total. The standard InChI is InChI=1S/C19H18BrN5O2S2/c1-2-21-17(27)12-5-3-7-14(9-12)22-16(26)11-28-19-25-24-18(29-19)23-15-8-4-6-13(20)10-15/h3-10H,2,11H2,1H3,(H,21,27)(H,22,26)(H,23,24). The maximum absolute atomic E-state index is 12.2. The Hall–Kier alpha value is -2.43. The lowest BCUT2D eigenvalue weighted by molar-refractivity contribution is -0.113. The number of thioether (sulfide) groups is 1. The molecule has 10 heteroatoms. The number of amides is 2. The SMILES string of the molecule is CCNC(=O)c1cccc(NC(=O)CSc2nnc(Nc3cccc(Br)c3)s2)c1. The number of anilines is 3. The Labute approximate surface area is 184 Å². The molecule has 3 N–H and O–H groups in total. The van der Waals surface area contributed by atoms with Gasteiger partial charge in [0.15, 0.2) is 4.34 Å². The number of carbonyl (C=O) groups is 2. The van der Waals surface area contributed by atoms with E-state index < -0.39 is 0 Å². The van der Waals surface area contributed by atoms with E-state index in [1.807, 2.05) is 31.2 Å². The highest BCUT2D eigenvalue weighted by Gasteiger charge is 2.10. The van der Waals surface area contributed by atoms with Crippen molar-refractivity contribution >= 4 is 67.3 Å². The zero-order chi connectivity index (χ0) is 20.6. The first kappa shape index (κ1) is 21.3. The molecule has 1 heterocycles. The molecule has 3 rings (SSSR count). The quantitative estimate of drug-likeness (QED) is 0.400. The first-order chi connectivity index (χ1) is 14.0. The Morgan fingerprint density at radius 3 is 2.69 bits per heavy atom. The lowest BCUT2D eigenvalue weighted by Gasteiger charge is -2.07. The molecule has 0 radical (unpaired) electrons. The van der Waals surface area contributed by atoms with Gasteiger partial charge in [0.1, 0.15) is 0 Å². The van der Waals surface area contributed by atoms with Crippen LogP contribution in [0.4, 0.5) is 16.5 Å². The highest BCUT2D eigenvalue weighted by molar-refractivity contribution is 9.10. The van der Waals surface area contributed by atoms with Gasteiger partial charge in [0.05, 0.1) is 5.75 Å². The molecular formula is C19H18BrN5O2S2. The molecule has 3 aromatic rings. The van der Waals surface area contributed by atoms with Crippen molar-refractivity contribution in [3.05, 3.63) is 58.6 Å². The van der Waals surface area contributed by atoms with Crippen LogP contribution in [0, 0.1) is 0 Å². The Bertz CT molecular complexity index is 1010. The molecule has 1 aromatic heterocycles. The number of aromatic nitrogens is 2. The summed E-state index contributed by atoms with van der Waals surface area (Å²) < 4.78 is 1.66. The maximum Gasteiger partial charge on any atom is 0.251 e. The molecule has 2 aromatic carbocycles. The summed E-state index contributed by atoms with van der Waals surface area (Å²) in [5, 5.41) is 17.6. The van der Waals surface area contributed by atoms with E-state index in [1.54, 1.807) is 24.3 Å². The van der Waals surface area contributed by atoms with Crippen molar-refractivity contribution in [1.29, 1.82) is 0 Å². The van der Waals surface area contributed by atoms with Gasteiger partial charge < -0.3 is 16.0 Å². The van der Waals surface area contributed by atoms with E-state index in [4.69, 9.17) is 0 Å². The average molecular weight is 492 g/mol. The van der Waals surface area contributed by atoms with E-state index in [-0.39, 0.29) is 17.6 Å². The highest BCUT2D eigenvalue weighted by Crippen LogP contribution is 2.28. The van der Waals surface area contributed by atoms with E-state index in [2.05, 4.69) is 42.1 Å². The van der Waals surface area contributed by atoms with Gasteiger partial charge in [-0.15, -0.1) is 10.2 Å². The summed E-state index contributed by atoms with van der Waals surface area (Å²) in [6, 6.07) is 14.6. The summed E-state index contributed by atoms with van der Waals surface area (Å²) in [4.78, 5) is 24.1. The number of carbonyl (C=O) groups excluding carboxylic acids is 2. The largest absolute Gasteiger partial charge is 0.352 e. The third-order valence-electron chi connectivity index (χ3n) is 3.55. The van der Waals surface area contributed by atoms with Gasteiger partial charge in [-0.3, -0.25) is 9.59 Å². The second kappa shape index (κ2) is 10.4. The van der Waals surface area contributed by atoms with E-state index in [9.17, 15) is 9.59 Å². The fourth-order valence-electron chi connectivity index (χ4n) is 2.33. The number of hydrogen-bond donors (Lipinski definition) is 3. The van der Waals surface area contributed by atoms with Crippen LogP contribution in [0.1, 0.15) is 17.3 Å². The smallest absolute Gasteiger partial charge is 0.251 e. The van der Waals surface area contributed by atoms with Gasteiger partial charge in [0, 0.05) is 28.0 Å². The third-order valence-corrected chi connectivity index (χ3v) is 6.02. The van der Waals surface area contributed by atoms with Crippen molar-refractivity contribution in [2.45, 2.75) is 11.3 Å². The maximum atomic E-state index is 12.2. The van der Waals surface area contributed by atoms with Crippen LogP contribution in [-0.4, -0.2) is 34.3 Å². The molecular weight excluding hydrogens is 474 g/mol. The second-order valence-electron chi connectivity index (χ2n) is 5.79. The minimum absolute atomic E-state index is 0.169. The number of rotatable bonds is 8. The van der Waals surface area contributed by atoms with Crippen LogP contribution in [0.5, 0.6) is 0 Å². The van der Waals surface area contributed by atoms with Gasteiger partial charge in [0.25, 0.3) is 5.91 Å². The summed E-state index contributed by atoms with van der Waals surface area (Å²) in [6.07, 6.45) is 0. The van der Waals surface area contributed by atoms with Gasteiger partial charge in [-0.05, 0) is 43.3 Å². The fourth-order valence-corrected chi connectivity index (χ4v) is 4.30. The number of benzene rings is 2. The molecule has 0 saturated heterocycles. The Balaban J connectivity index is 1.52. The van der Waals surface area contributed by atoms with Crippen LogP contribution in [0.15, 0.2) is 57.3 Å². The monoisotopic (exact) mass is 491 g/mol. The van der Waals surface area contributed by atoms with Crippen molar-refractivity contribution in [3.8, 4) is 0 Å². The first-order valence-corrected chi connectivity index (χ1v) is 11.3. The molecule has 150 valence electrons. The molecule has 0 aliphatic carbocycles. The normalized spacial score (nSPS) is 10.4. The molecule has 0 atom stereocenters. The highest BCUT2D eigenvalue weighted by atomic mass is 79.9. The zero-order valence-electron chi connectivity index (χ0n) is 15.4. The summed E-state index contributed by atoms with van der Waals surface area (Å²) in [5.41, 5.74) is 1.98. The molecule has 0 fully saturated rings. The van der Waals surface area contributed by atoms with Crippen molar-refractivity contribution in [2.24, 2.45) is 0 Å². The number of halogens is 1. The van der Waals surface area contributed by atoms with Crippen LogP contribution >= 0.6 is 39.0 Å². The van der Waals surface area contributed by atoms with Crippen molar-refractivity contribution in [1.82, 2.24) is 15.5 Å². The molecule has 0 bridgehead atoms. The summed E-state index contributed by atoms with van der Waals surface area (Å²) in [5.74, 6) is -0.159. The predicted molar refractivity (Wildman–Crippen MR) is 121 cm³/mol. The predicted octanol–water partition coefficient (Wildman–Crippen LogP) is 4.52. The van der Waals surface area contributed by atoms with E-state index in [0.717, 1.165) is 10.2 Å². The average Bonchev–Trinajstić information content (AvgIpc) is 3.14. The van der Waals surface area contributed by atoms with Crippen LogP contribution in [0.2, 0.25) is 0 Å². The van der Waals surface area contributed by atoms with Crippen LogP contribution in [-0.2, 0) is 4.79 Å².